The minimum atomic E-state index is -0.336. The molecule has 0 bridgehead atoms. The molecule has 2 atom stereocenters. The van der Waals surface area contributed by atoms with E-state index in [2.05, 4.69) is 36.2 Å². The van der Waals surface area contributed by atoms with Crippen LogP contribution in [0.1, 0.15) is 56.6 Å². The van der Waals surface area contributed by atoms with Crippen molar-refractivity contribution in [1.29, 1.82) is 0 Å². The van der Waals surface area contributed by atoms with Gasteiger partial charge in [0.25, 0.3) is 0 Å². The van der Waals surface area contributed by atoms with E-state index in [1.807, 2.05) is 41.3 Å². The number of hydrogen-bond acceptors (Lipinski definition) is 3. The van der Waals surface area contributed by atoms with Crippen LogP contribution in [0, 0.1) is 5.92 Å². The number of hydrogen-bond donors (Lipinski definition) is 1. The van der Waals surface area contributed by atoms with E-state index in [4.69, 9.17) is 0 Å². The Kier molecular flexibility index (Phi) is 6.71. The number of carbonyl (C=O) groups is 2. The minimum Gasteiger partial charge on any atom is -0.325 e. The Morgan fingerprint density at radius 2 is 1.81 bits per heavy atom. The molecule has 164 valence electrons. The molecule has 2 aromatic carbocycles. The second-order valence-corrected chi connectivity index (χ2v) is 8.90. The number of anilines is 2. The molecule has 2 aliphatic rings. The maximum Gasteiger partial charge on any atom is 0.229 e. The Bertz CT molecular complexity index is 936. The zero-order valence-corrected chi connectivity index (χ0v) is 18.6. The van der Waals surface area contributed by atoms with Gasteiger partial charge < -0.3 is 10.2 Å². The standard InChI is InChI=1S/C26H33N3O2/c1-3-19(2)22-11-5-7-13-24(22)29-18-21(16-25(29)30)26(31)27-23-12-6-4-10-20(23)17-28-14-8-9-15-28/h4-7,10-13,19,21H,3,8-9,14-18H2,1-2H3,(H,27,31). The van der Waals surface area contributed by atoms with E-state index in [9.17, 15) is 9.59 Å². The topological polar surface area (TPSA) is 52.7 Å². The summed E-state index contributed by atoms with van der Waals surface area (Å²) in [4.78, 5) is 30.2. The molecule has 1 N–H and O–H groups in total. The first kappa shape index (κ1) is 21.6. The molecule has 0 radical (unpaired) electrons. The summed E-state index contributed by atoms with van der Waals surface area (Å²) in [7, 11) is 0. The third-order valence-corrected chi connectivity index (χ3v) is 6.73. The zero-order chi connectivity index (χ0) is 21.8. The molecule has 2 heterocycles. The molecule has 0 saturated carbocycles. The SMILES string of the molecule is CCC(C)c1ccccc1N1CC(C(=O)Nc2ccccc2CN2CCCC2)CC1=O. The largest absolute Gasteiger partial charge is 0.325 e. The predicted molar refractivity (Wildman–Crippen MR) is 125 cm³/mol. The van der Waals surface area contributed by atoms with Crippen molar-refractivity contribution in [2.45, 2.75) is 52.0 Å². The van der Waals surface area contributed by atoms with Crippen LogP contribution in [-0.4, -0.2) is 36.3 Å². The second kappa shape index (κ2) is 9.65. The fourth-order valence-corrected chi connectivity index (χ4v) is 4.68. The number of benzene rings is 2. The van der Waals surface area contributed by atoms with Crippen LogP contribution in [0.15, 0.2) is 48.5 Å². The molecule has 0 aliphatic carbocycles. The molecular weight excluding hydrogens is 386 g/mol. The Balaban J connectivity index is 1.46. The van der Waals surface area contributed by atoms with Gasteiger partial charge >= 0.3 is 0 Å². The van der Waals surface area contributed by atoms with Crippen LogP contribution in [0.25, 0.3) is 0 Å². The number of carbonyl (C=O) groups excluding carboxylic acids is 2. The normalized spacial score (nSPS) is 20.3. The van der Waals surface area contributed by atoms with E-state index in [1.165, 1.54) is 18.4 Å². The van der Waals surface area contributed by atoms with Gasteiger partial charge in [-0.2, -0.15) is 0 Å². The van der Waals surface area contributed by atoms with E-state index >= 15 is 0 Å². The van der Waals surface area contributed by atoms with Crippen LogP contribution in [0.3, 0.4) is 0 Å². The Morgan fingerprint density at radius 3 is 2.58 bits per heavy atom. The quantitative estimate of drug-likeness (QED) is 0.702. The highest BCUT2D eigenvalue weighted by molar-refractivity contribution is 6.04. The van der Waals surface area contributed by atoms with Crippen LogP contribution < -0.4 is 10.2 Å². The van der Waals surface area contributed by atoms with Crippen molar-refractivity contribution in [1.82, 2.24) is 4.90 Å². The lowest BCUT2D eigenvalue weighted by Gasteiger charge is -2.23. The molecule has 2 saturated heterocycles. The van der Waals surface area contributed by atoms with Crippen molar-refractivity contribution >= 4 is 23.2 Å². The van der Waals surface area contributed by atoms with Gasteiger partial charge in [0.05, 0.1) is 5.92 Å². The predicted octanol–water partition coefficient (Wildman–Crippen LogP) is 4.79. The summed E-state index contributed by atoms with van der Waals surface area (Å²) in [5.74, 6) is -0.00123. The third kappa shape index (κ3) is 4.82. The van der Waals surface area contributed by atoms with Crippen molar-refractivity contribution in [3.05, 3.63) is 59.7 Å². The summed E-state index contributed by atoms with van der Waals surface area (Å²) >= 11 is 0. The number of amides is 2. The molecule has 0 spiro atoms. The lowest BCUT2D eigenvalue weighted by Crippen LogP contribution is -2.29. The van der Waals surface area contributed by atoms with Crippen LogP contribution >= 0.6 is 0 Å². The number of likely N-dealkylation sites (tertiary alicyclic amines) is 1. The number of nitrogens with one attached hydrogen (secondary N) is 1. The molecule has 2 aliphatic heterocycles. The van der Waals surface area contributed by atoms with Crippen molar-refractivity contribution < 1.29 is 9.59 Å². The average Bonchev–Trinajstić information content (AvgIpc) is 3.44. The van der Waals surface area contributed by atoms with Crippen LogP contribution in [-0.2, 0) is 16.1 Å². The summed E-state index contributed by atoms with van der Waals surface area (Å²) in [5, 5.41) is 3.12. The van der Waals surface area contributed by atoms with E-state index in [-0.39, 0.29) is 24.2 Å². The van der Waals surface area contributed by atoms with Gasteiger partial charge in [0.2, 0.25) is 11.8 Å². The van der Waals surface area contributed by atoms with E-state index in [0.717, 1.165) is 43.0 Å². The first-order chi connectivity index (χ1) is 15.1. The fourth-order valence-electron chi connectivity index (χ4n) is 4.68. The Labute approximate surface area is 185 Å². The highest BCUT2D eigenvalue weighted by Gasteiger charge is 2.36. The molecule has 2 unspecified atom stereocenters. The first-order valence-electron chi connectivity index (χ1n) is 11.6. The fraction of sp³-hybridized carbons (Fsp3) is 0.462. The van der Waals surface area contributed by atoms with E-state index in [0.29, 0.717) is 12.5 Å². The molecule has 2 amide bonds. The van der Waals surface area contributed by atoms with Crippen molar-refractivity contribution in [3.63, 3.8) is 0 Å². The highest BCUT2D eigenvalue weighted by atomic mass is 16.2. The maximum absolute atomic E-state index is 13.1. The Morgan fingerprint density at radius 1 is 1.10 bits per heavy atom. The lowest BCUT2D eigenvalue weighted by molar-refractivity contribution is -0.122. The van der Waals surface area contributed by atoms with Gasteiger partial charge in [0.1, 0.15) is 0 Å². The number of nitrogens with zero attached hydrogens (tertiary/aromatic N) is 2. The van der Waals surface area contributed by atoms with Crippen LogP contribution in [0.2, 0.25) is 0 Å². The number of rotatable bonds is 7. The second-order valence-electron chi connectivity index (χ2n) is 8.90. The molecular formula is C26H33N3O2. The maximum atomic E-state index is 13.1. The van der Waals surface area contributed by atoms with E-state index in [1.54, 1.807) is 0 Å². The average molecular weight is 420 g/mol. The smallest absolute Gasteiger partial charge is 0.229 e. The van der Waals surface area contributed by atoms with Crippen molar-refractivity contribution in [2.75, 3.05) is 29.9 Å². The first-order valence-corrected chi connectivity index (χ1v) is 11.6. The van der Waals surface area contributed by atoms with Gasteiger partial charge in [-0.15, -0.1) is 0 Å². The molecule has 0 aromatic heterocycles. The summed E-state index contributed by atoms with van der Waals surface area (Å²) < 4.78 is 0. The van der Waals surface area contributed by atoms with Crippen molar-refractivity contribution in [2.24, 2.45) is 5.92 Å². The van der Waals surface area contributed by atoms with Gasteiger partial charge in [-0.3, -0.25) is 14.5 Å². The molecule has 4 rings (SSSR count). The molecule has 31 heavy (non-hydrogen) atoms. The Hall–Kier alpha value is -2.66. The monoisotopic (exact) mass is 419 g/mol. The minimum absolute atomic E-state index is 0.0289. The van der Waals surface area contributed by atoms with Crippen molar-refractivity contribution in [3.8, 4) is 0 Å². The van der Waals surface area contributed by atoms with Gasteiger partial charge in [-0.05, 0) is 61.5 Å². The van der Waals surface area contributed by atoms with Gasteiger partial charge in [0.15, 0.2) is 0 Å². The molecule has 2 fully saturated rings. The highest BCUT2D eigenvalue weighted by Crippen LogP contribution is 2.34. The summed E-state index contributed by atoms with van der Waals surface area (Å²) in [6.07, 6.45) is 3.76. The van der Waals surface area contributed by atoms with E-state index < -0.39 is 0 Å². The molecule has 2 aromatic rings. The molecule has 5 nitrogen and oxygen atoms in total. The van der Waals surface area contributed by atoms with Gasteiger partial charge in [-0.25, -0.2) is 0 Å². The summed E-state index contributed by atoms with van der Waals surface area (Å²) in [6, 6.07) is 16.1. The number of para-hydroxylation sites is 2. The summed E-state index contributed by atoms with van der Waals surface area (Å²) in [5.41, 5.74) is 4.13. The third-order valence-electron chi connectivity index (χ3n) is 6.73. The van der Waals surface area contributed by atoms with Gasteiger partial charge in [0, 0.05) is 30.9 Å². The zero-order valence-electron chi connectivity index (χ0n) is 18.6. The van der Waals surface area contributed by atoms with Crippen LogP contribution in [0.4, 0.5) is 11.4 Å². The van der Waals surface area contributed by atoms with Crippen LogP contribution in [0.5, 0.6) is 0 Å². The molecule has 5 heteroatoms. The van der Waals surface area contributed by atoms with Gasteiger partial charge in [-0.1, -0.05) is 50.2 Å². The summed E-state index contributed by atoms with van der Waals surface area (Å²) in [6.45, 7) is 7.86. The lowest BCUT2D eigenvalue weighted by atomic mass is 9.96.